The van der Waals surface area contributed by atoms with Crippen LogP contribution in [-0.4, -0.2) is 4.98 Å². The zero-order chi connectivity index (χ0) is 7.84. The standard InChI is InChI=1S/C7H3ClINS/c8-7-1-6-4(2-10-7)5(9)3-11-6/h1-3H. The van der Waals surface area contributed by atoms with E-state index in [-0.39, 0.29) is 0 Å². The third-order valence-corrected chi connectivity index (χ3v) is 3.85. The van der Waals surface area contributed by atoms with Crippen molar-refractivity contribution in [2.24, 2.45) is 0 Å². The molecule has 11 heavy (non-hydrogen) atoms. The predicted molar refractivity (Wildman–Crippen MR) is 57.3 cm³/mol. The number of nitrogens with zero attached hydrogens (tertiary/aromatic N) is 1. The molecule has 0 unspecified atom stereocenters. The smallest absolute Gasteiger partial charge is 0.130 e. The van der Waals surface area contributed by atoms with E-state index in [1.807, 2.05) is 12.3 Å². The Hall–Kier alpha value is 0.130. The van der Waals surface area contributed by atoms with Crippen molar-refractivity contribution in [3.63, 3.8) is 0 Å². The molecular weight excluding hydrogens is 293 g/mol. The molecule has 0 spiro atoms. The van der Waals surface area contributed by atoms with Crippen molar-refractivity contribution >= 4 is 55.6 Å². The van der Waals surface area contributed by atoms with E-state index in [0.29, 0.717) is 5.15 Å². The second-order valence-electron chi connectivity index (χ2n) is 2.09. The van der Waals surface area contributed by atoms with Crippen LogP contribution in [0.15, 0.2) is 17.6 Å². The molecule has 0 amide bonds. The van der Waals surface area contributed by atoms with E-state index in [4.69, 9.17) is 11.6 Å². The van der Waals surface area contributed by atoms with Gasteiger partial charge in [-0.15, -0.1) is 11.3 Å². The number of pyridine rings is 1. The van der Waals surface area contributed by atoms with Gasteiger partial charge in [-0.2, -0.15) is 0 Å². The lowest BCUT2D eigenvalue weighted by molar-refractivity contribution is 1.37. The van der Waals surface area contributed by atoms with Crippen molar-refractivity contribution < 1.29 is 0 Å². The average molecular weight is 296 g/mol. The summed E-state index contributed by atoms with van der Waals surface area (Å²) < 4.78 is 2.45. The second kappa shape index (κ2) is 2.88. The van der Waals surface area contributed by atoms with E-state index in [2.05, 4.69) is 33.0 Å². The number of halogens is 2. The van der Waals surface area contributed by atoms with E-state index < -0.39 is 0 Å². The van der Waals surface area contributed by atoms with Crippen LogP contribution in [0.5, 0.6) is 0 Å². The zero-order valence-corrected chi connectivity index (χ0v) is 9.07. The minimum atomic E-state index is 0.566. The summed E-state index contributed by atoms with van der Waals surface area (Å²) in [4.78, 5) is 4.01. The fourth-order valence-corrected chi connectivity index (χ4v) is 2.91. The summed E-state index contributed by atoms with van der Waals surface area (Å²) >= 11 is 9.71. The molecule has 2 rings (SSSR count). The molecule has 56 valence electrons. The summed E-state index contributed by atoms with van der Waals surface area (Å²) in [7, 11) is 0. The second-order valence-corrected chi connectivity index (χ2v) is 4.55. The highest BCUT2D eigenvalue weighted by Gasteiger charge is 2.01. The highest BCUT2D eigenvalue weighted by Crippen LogP contribution is 2.27. The fourth-order valence-electron chi connectivity index (χ4n) is 0.869. The largest absolute Gasteiger partial charge is 0.244 e. The molecule has 0 fully saturated rings. The SMILES string of the molecule is Clc1cc2scc(I)c2cn1. The van der Waals surface area contributed by atoms with E-state index >= 15 is 0 Å². The van der Waals surface area contributed by atoms with Crippen LogP contribution in [0.3, 0.4) is 0 Å². The summed E-state index contributed by atoms with van der Waals surface area (Å²) in [6.07, 6.45) is 1.82. The summed E-state index contributed by atoms with van der Waals surface area (Å²) in [5, 5.41) is 3.86. The average Bonchev–Trinajstić information content (AvgIpc) is 2.32. The quantitative estimate of drug-likeness (QED) is 0.535. The molecule has 4 heteroatoms. The molecule has 0 aliphatic heterocycles. The van der Waals surface area contributed by atoms with Gasteiger partial charge in [-0.05, 0) is 28.7 Å². The van der Waals surface area contributed by atoms with Crippen molar-refractivity contribution in [2.45, 2.75) is 0 Å². The lowest BCUT2D eigenvalue weighted by atomic mass is 10.3. The molecular formula is C7H3ClINS. The van der Waals surface area contributed by atoms with Gasteiger partial charge in [-0.3, -0.25) is 0 Å². The normalized spacial score (nSPS) is 10.7. The first-order chi connectivity index (χ1) is 5.27. The van der Waals surface area contributed by atoms with Crippen molar-refractivity contribution in [3.8, 4) is 0 Å². The maximum Gasteiger partial charge on any atom is 0.130 e. The summed E-state index contributed by atoms with van der Waals surface area (Å²) in [6.45, 7) is 0. The van der Waals surface area contributed by atoms with Gasteiger partial charge in [0.05, 0.1) is 0 Å². The lowest BCUT2D eigenvalue weighted by Gasteiger charge is -1.89. The van der Waals surface area contributed by atoms with E-state index in [9.17, 15) is 0 Å². The monoisotopic (exact) mass is 295 g/mol. The summed E-state index contributed by atoms with van der Waals surface area (Å²) in [6, 6.07) is 1.89. The van der Waals surface area contributed by atoms with E-state index in [1.165, 1.54) is 13.7 Å². The number of hydrogen-bond acceptors (Lipinski definition) is 2. The predicted octanol–water partition coefficient (Wildman–Crippen LogP) is 3.55. The first-order valence-corrected chi connectivity index (χ1v) is 5.29. The highest BCUT2D eigenvalue weighted by atomic mass is 127. The minimum absolute atomic E-state index is 0.566. The molecule has 1 nitrogen and oxygen atoms in total. The van der Waals surface area contributed by atoms with E-state index in [1.54, 1.807) is 11.3 Å². The number of fused-ring (bicyclic) bond motifs is 1. The van der Waals surface area contributed by atoms with Gasteiger partial charge in [0.25, 0.3) is 0 Å². The van der Waals surface area contributed by atoms with Crippen molar-refractivity contribution in [1.82, 2.24) is 4.98 Å². The Morgan fingerprint density at radius 1 is 1.55 bits per heavy atom. The van der Waals surface area contributed by atoms with Crippen LogP contribution in [0.1, 0.15) is 0 Å². The molecule has 0 aliphatic carbocycles. The van der Waals surface area contributed by atoms with Crippen LogP contribution < -0.4 is 0 Å². The topological polar surface area (TPSA) is 12.9 Å². The molecule has 0 N–H and O–H groups in total. The van der Waals surface area contributed by atoms with Crippen LogP contribution >= 0.6 is 45.5 Å². The van der Waals surface area contributed by atoms with Crippen LogP contribution in [0, 0.1) is 3.57 Å². The molecule has 0 atom stereocenters. The number of rotatable bonds is 0. The van der Waals surface area contributed by atoms with Crippen LogP contribution in [0.2, 0.25) is 5.15 Å². The fraction of sp³-hybridized carbons (Fsp3) is 0. The van der Waals surface area contributed by atoms with Crippen molar-refractivity contribution in [2.75, 3.05) is 0 Å². The molecule has 0 saturated heterocycles. The Balaban J connectivity index is 2.86. The van der Waals surface area contributed by atoms with Gasteiger partial charge in [0.15, 0.2) is 0 Å². The van der Waals surface area contributed by atoms with Gasteiger partial charge in [0, 0.05) is 25.2 Å². The first kappa shape index (κ1) is 7.76. The number of aromatic nitrogens is 1. The molecule has 0 aliphatic rings. The van der Waals surface area contributed by atoms with Crippen molar-refractivity contribution in [3.05, 3.63) is 26.4 Å². The summed E-state index contributed by atoms with van der Waals surface area (Å²) in [5.74, 6) is 0. The van der Waals surface area contributed by atoms with Gasteiger partial charge in [-0.25, -0.2) is 4.98 Å². The maximum atomic E-state index is 5.72. The van der Waals surface area contributed by atoms with Gasteiger partial charge >= 0.3 is 0 Å². The molecule has 2 aromatic heterocycles. The Morgan fingerprint density at radius 2 is 2.36 bits per heavy atom. The highest BCUT2D eigenvalue weighted by molar-refractivity contribution is 14.1. The van der Waals surface area contributed by atoms with Crippen LogP contribution in [0.25, 0.3) is 10.1 Å². The molecule has 2 heterocycles. The molecule has 0 bridgehead atoms. The Bertz CT molecular complexity index is 398. The third kappa shape index (κ3) is 1.37. The third-order valence-electron chi connectivity index (χ3n) is 1.38. The Labute approximate surface area is 86.5 Å². The van der Waals surface area contributed by atoms with Gasteiger partial charge in [0.1, 0.15) is 5.15 Å². The zero-order valence-electron chi connectivity index (χ0n) is 5.34. The minimum Gasteiger partial charge on any atom is -0.244 e. The Kier molecular flexibility index (Phi) is 2.03. The van der Waals surface area contributed by atoms with Gasteiger partial charge in [0.2, 0.25) is 0 Å². The van der Waals surface area contributed by atoms with E-state index in [0.717, 1.165) is 0 Å². The Morgan fingerprint density at radius 3 is 3.18 bits per heavy atom. The molecule has 0 radical (unpaired) electrons. The first-order valence-electron chi connectivity index (χ1n) is 2.95. The van der Waals surface area contributed by atoms with Crippen LogP contribution in [0.4, 0.5) is 0 Å². The summed E-state index contributed by atoms with van der Waals surface area (Å²) in [5.41, 5.74) is 0. The molecule has 0 saturated carbocycles. The maximum absolute atomic E-state index is 5.72. The number of thiophene rings is 1. The van der Waals surface area contributed by atoms with Crippen molar-refractivity contribution in [1.29, 1.82) is 0 Å². The van der Waals surface area contributed by atoms with Gasteiger partial charge in [-0.1, -0.05) is 11.6 Å². The number of hydrogen-bond donors (Lipinski definition) is 0. The molecule has 2 aromatic rings. The van der Waals surface area contributed by atoms with Crippen LogP contribution in [-0.2, 0) is 0 Å². The van der Waals surface area contributed by atoms with Gasteiger partial charge < -0.3 is 0 Å². The lowest BCUT2D eigenvalue weighted by Crippen LogP contribution is -1.72. The molecule has 0 aromatic carbocycles.